The number of ketones is 2. The summed E-state index contributed by atoms with van der Waals surface area (Å²) in [5.74, 6) is -0.733. The molecule has 132 valence electrons. The number of rotatable bonds is 9. The summed E-state index contributed by atoms with van der Waals surface area (Å²) >= 11 is 0. The lowest BCUT2D eigenvalue weighted by Crippen LogP contribution is -2.21. The van der Waals surface area contributed by atoms with Crippen molar-refractivity contribution in [2.75, 3.05) is 13.2 Å². The molecule has 0 atom stereocenters. The third kappa shape index (κ3) is 5.29. The lowest BCUT2D eigenvalue weighted by Gasteiger charge is -2.18. The molecule has 0 aromatic carbocycles. The monoisotopic (exact) mass is 339 g/mol. The highest BCUT2D eigenvalue weighted by Crippen LogP contribution is 2.26. The molecule has 0 aromatic heterocycles. The molecule has 0 aromatic rings. The molecule has 1 aliphatic carbocycles. The Morgan fingerprint density at radius 1 is 1.00 bits per heavy atom. The second kappa shape index (κ2) is 8.95. The van der Waals surface area contributed by atoms with Gasteiger partial charge in [0.25, 0.3) is 5.09 Å². The molecule has 0 saturated carbocycles. The smallest absolute Gasteiger partial charge is 0.305 e. The van der Waals surface area contributed by atoms with E-state index in [9.17, 15) is 24.5 Å². The zero-order valence-corrected chi connectivity index (χ0v) is 14.0. The van der Waals surface area contributed by atoms with Gasteiger partial charge in [0.1, 0.15) is 0 Å². The summed E-state index contributed by atoms with van der Waals surface area (Å²) < 4.78 is 4.99. The Kier molecular flexibility index (Phi) is 7.29. The summed E-state index contributed by atoms with van der Waals surface area (Å²) in [5.41, 5.74) is 1.86. The van der Waals surface area contributed by atoms with Crippen LogP contribution in [0.25, 0.3) is 0 Å². The first-order chi connectivity index (χ1) is 11.3. The molecular weight excluding hydrogens is 318 g/mol. The zero-order chi connectivity index (χ0) is 18.3. The standard InChI is InChI=1S/C16H21NO7/c1-10-11(2)16(20)13(12(3)15(10)19)6-4-8-23-14(18)7-5-9-24-17(21)22/h4-9H2,1-3H3. The van der Waals surface area contributed by atoms with Gasteiger partial charge in [-0.1, -0.05) is 0 Å². The third-order valence-electron chi connectivity index (χ3n) is 3.87. The van der Waals surface area contributed by atoms with Crippen LogP contribution >= 0.6 is 0 Å². The van der Waals surface area contributed by atoms with Crippen LogP contribution < -0.4 is 0 Å². The minimum atomic E-state index is -0.915. The average molecular weight is 339 g/mol. The number of ether oxygens (including phenoxy) is 1. The van der Waals surface area contributed by atoms with Crippen molar-refractivity contribution in [3.05, 3.63) is 32.4 Å². The fourth-order valence-electron chi connectivity index (χ4n) is 2.32. The average Bonchev–Trinajstić information content (AvgIpc) is 2.54. The Morgan fingerprint density at radius 2 is 1.62 bits per heavy atom. The number of Topliss-reactive ketones (excluding diaryl/α,β-unsaturated/α-hetero) is 2. The highest BCUT2D eigenvalue weighted by Gasteiger charge is 2.27. The Balaban J connectivity index is 2.35. The fraction of sp³-hybridized carbons (Fsp3) is 0.562. The number of hydrogen-bond donors (Lipinski definition) is 0. The molecule has 1 aliphatic rings. The molecule has 0 aliphatic heterocycles. The fourth-order valence-corrected chi connectivity index (χ4v) is 2.32. The summed E-state index contributed by atoms with van der Waals surface area (Å²) in [7, 11) is 0. The first-order valence-corrected chi connectivity index (χ1v) is 7.65. The van der Waals surface area contributed by atoms with Crippen LogP contribution in [0.3, 0.4) is 0 Å². The number of esters is 1. The lowest BCUT2D eigenvalue weighted by molar-refractivity contribution is -0.757. The van der Waals surface area contributed by atoms with E-state index in [1.807, 2.05) is 0 Å². The van der Waals surface area contributed by atoms with Crippen molar-refractivity contribution < 1.29 is 29.0 Å². The van der Waals surface area contributed by atoms with Crippen LogP contribution in [-0.2, 0) is 24.0 Å². The first kappa shape index (κ1) is 19.5. The molecule has 0 saturated heterocycles. The van der Waals surface area contributed by atoms with Crippen molar-refractivity contribution in [1.29, 1.82) is 0 Å². The van der Waals surface area contributed by atoms with Gasteiger partial charge in [0.2, 0.25) is 0 Å². The van der Waals surface area contributed by atoms with Crippen LogP contribution in [0.4, 0.5) is 0 Å². The quantitative estimate of drug-likeness (QED) is 0.208. The Morgan fingerprint density at radius 3 is 2.25 bits per heavy atom. The van der Waals surface area contributed by atoms with Crippen LogP contribution in [0.5, 0.6) is 0 Å². The zero-order valence-electron chi connectivity index (χ0n) is 14.0. The summed E-state index contributed by atoms with van der Waals surface area (Å²) in [4.78, 5) is 49.7. The summed E-state index contributed by atoms with van der Waals surface area (Å²) in [6.07, 6.45) is 1.00. The van der Waals surface area contributed by atoms with Crippen molar-refractivity contribution in [3.63, 3.8) is 0 Å². The van der Waals surface area contributed by atoms with E-state index in [0.717, 1.165) is 0 Å². The molecule has 8 nitrogen and oxygen atoms in total. The molecule has 0 unspecified atom stereocenters. The third-order valence-corrected chi connectivity index (χ3v) is 3.87. The van der Waals surface area contributed by atoms with Crippen molar-refractivity contribution in [2.45, 2.75) is 46.5 Å². The van der Waals surface area contributed by atoms with E-state index in [0.29, 0.717) is 35.1 Å². The predicted octanol–water partition coefficient (Wildman–Crippen LogP) is 2.10. The maximum absolute atomic E-state index is 12.2. The van der Waals surface area contributed by atoms with Crippen LogP contribution in [-0.4, -0.2) is 35.8 Å². The maximum atomic E-state index is 12.2. The molecule has 0 radical (unpaired) electrons. The Bertz CT molecular complexity index is 616. The van der Waals surface area contributed by atoms with E-state index in [1.165, 1.54) is 0 Å². The Hall–Kier alpha value is -2.51. The molecule has 24 heavy (non-hydrogen) atoms. The molecule has 0 spiro atoms. The molecule has 0 heterocycles. The molecule has 0 bridgehead atoms. The molecule has 0 N–H and O–H groups in total. The van der Waals surface area contributed by atoms with E-state index < -0.39 is 11.1 Å². The summed E-state index contributed by atoms with van der Waals surface area (Å²) in [5, 5.41) is 9.02. The van der Waals surface area contributed by atoms with Gasteiger partial charge in [-0.2, -0.15) is 0 Å². The lowest BCUT2D eigenvalue weighted by atomic mass is 9.84. The van der Waals surface area contributed by atoms with Gasteiger partial charge in [0.05, 0.1) is 13.2 Å². The van der Waals surface area contributed by atoms with Crippen LogP contribution in [0.1, 0.15) is 46.5 Å². The van der Waals surface area contributed by atoms with Gasteiger partial charge < -0.3 is 9.57 Å². The normalized spacial score (nSPS) is 15.0. The highest BCUT2D eigenvalue weighted by molar-refractivity contribution is 6.24. The van der Waals surface area contributed by atoms with Crippen LogP contribution in [0.15, 0.2) is 22.3 Å². The second-order valence-electron chi connectivity index (χ2n) is 5.50. The number of carbonyl (C=O) groups excluding carboxylic acids is 3. The van der Waals surface area contributed by atoms with Gasteiger partial charge in [-0.25, -0.2) is 0 Å². The maximum Gasteiger partial charge on any atom is 0.305 e. The number of hydrogen-bond acceptors (Lipinski definition) is 7. The largest absolute Gasteiger partial charge is 0.466 e. The first-order valence-electron chi connectivity index (χ1n) is 7.65. The van der Waals surface area contributed by atoms with Crippen LogP contribution in [0.2, 0.25) is 0 Å². The van der Waals surface area contributed by atoms with E-state index in [-0.39, 0.29) is 37.6 Å². The van der Waals surface area contributed by atoms with E-state index in [1.54, 1.807) is 20.8 Å². The van der Waals surface area contributed by atoms with Crippen LogP contribution in [0, 0.1) is 10.1 Å². The van der Waals surface area contributed by atoms with E-state index in [4.69, 9.17) is 4.74 Å². The molecule has 1 rings (SSSR count). The number of nitrogens with zero attached hydrogens (tertiary/aromatic N) is 1. The SMILES string of the molecule is CC1=C(C)C(=O)C(CCCOC(=O)CCCO[N+](=O)[O-])=C(C)C1=O. The number of allylic oxidation sites excluding steroid dienone is 4. The highest BCUT2D eigenvalue weighted by atomic mass is 16.9. The summed E-state index contributed by atoms with van der Waals surface area (Å²) in [6.45, 7) is 4.87. The molecular formula is C16H21NO7. The van der Waals surface area contributed by atoms with Gasteiger partial charge in [-0.15, -0.1) is 10.1 Å². The molecule has 0 fully saturated rings. The minimum absolute atomic E-state index is 0.0218. The van der Waals surface area contributed by atoms with Gasteiger partial charge in [-0.3, -0.25) is 14.4 Å². The van der Waals surface area contributed by atoms with E-state index >= 15 is 0 Å². The minimum Gasteiger partial charge on any atom is -0.466 e. The Labute approximate surface area is 139 Å². The second-order valence-corrected chi connectivity index (χ2v) is 5.50. The van der Waals surface area contributed by atoms with Crippen molar-refractivity contribution in [1.82, 2.24) is 0 Å². The predicted molar refractivity (Wildman–Crippen MR) is 83.5 cm³/mol. The molecule has 0 amide bonds. The summed E-state index contributed by atoms with van der Waals surface area (Å²) in [6, 6.07) is 0. The van der Waals surface area contributed by atoms with Gasteiger partial charge in [0.15, 0.2) is 11.6 Å². The molecule has 8 heteroatoms. The van der Waals surface area contributed by atoms with E-state index in [2.05, 4.69) is 4.84 Å². The topological polar surface area (TPSA) is 113 Å². The van der Waals surface area contributed by atoms with Gasteiger partial charge in [0, 0.05) is 28.7 Å². The van der Waals surface area contributed by atoms with Crippen molar-refractivity contribution in [2.24, 2.45) is 0 Å². The number of carbonyl (C=O) groups is 3. The van der Waals surface area contributed by atoms with Gasteiger partial charge in [-0.05, 0) is 40.0 Å². The van der Waals surface area contributed by atoms with Gasteiger partial charge >= 0.3 is 5.97 Å². The van der Waals surface area contributed by atoms with Crippen molar-refractivity contribution >= 4 is 17.5 Å². The van der Waals surface area contributed by atoms with Crippen molar-refractivity contribution in [3.8, 4) is 0 Å².